The molecule has 0 atom stereocenters. The zero-order valence-corrected chi connectivity index (χ0v) is 10.8. The van der Waals surface area contributed by atoms with Gasteiger partial charge in [0.2, 0.25) is 5.91 Å². The van der Waals surface area contributed by atoms with Gasteiger partial charge in [-0.2, -0.15) is 13.2 Å². The second-order valence-corrected chi connectivity index (χ2v) is 4.11. The van der Waals surface area contributed by atoms with E-state index >= 15 is 0 Å². The topological polar surface area (TPSA) is 29.1 Å². The summed E-state index contributed by atoms with van der Waals surface area (Å²) in [5.41, 5.74) is -0.187. The molecule has 2 nitrogen and oxygen atoms in total. The van der Waals surface area contributed by atoms with Crippen LogP contribution >= 0.6 is 11.6 Å². The fourth-order valence-corrected chi connectivity index (χ4v) is 1.50. The quantitative estimate of drug-likeness (QED) is 0.655. The van der Waals surface area contributed by atoms with E-state index in [-0.39, 0.29) is 12.3 Å². The van der Waals surface area contributed by atoms with Crippen molar-refractivity contribution in [2.45, 2.75) is 12.6 Å². The third-order valence-electron chi connectivity index (χ3n) is 2.32. The van der Waals surface area contributed by atoms with E-state index in [1.54, 1.807) is 12.2 Å². The Bertz CT molecular complexity index is 440. The number of hydrogen-bond donors (Lipinski definition) is 1. The van der Waals surface area contributed by atoms with Crippen molar-refractivity contribution in [3.8, 4) is 0 Å². The summed E-state index contributed by atoms with van der Waals surface area (Å²) in [6, 6.07) is 4.54. The van der Waals surface area contributed by atoms with Crippen LogP contribution < -0.4 is 5.32 Å². The van der Waals surface area contributed by atoms with Crippen molar-refractivity contribution in [3.63, 3.8) is 0 Å². The molecule has 0 fully saturated rings. The van der Waals surface area contributed by atoms with Gasteiger partial charge in [0.1, 0.15) is 0 Å². The molecule has 0 aromatic heterocycles. The first kappa shape index (κ1) is 15.6. The van der Waals surface area contributed by atoms with Gasteiger partial charge in [-0.3, -0.25) is 4.79 Å². The van der Waals surface area contributed by atoms with E-state index in [1.165, 1.54) is 12.1 Å². The van der Waals surface area contributed by atoms with Gasteiger partial charge >= 0.3 is 6.18 Å². The molecule has 0 bridgehead atoms. The Morgan fingerprint density at radius 2 is 1.84 bits per heavy atom. The fraction of sp³-hybridized carbons (Fsp3) is 0.308. The Balaban J connectivity index is 2.49. The Morgan fingerprint density at radius 3 is 2.37 bits per heavy atom. The average molecular weight is 292 g/mol. The number of carbonyl (C=O) groups excluding carboxylic acids is 1. The molecule has 0 radical (unpaired) electrons. The first-order chi connectivity index (χ1) is 8.93. The zero-order chi connectivity index (χ0) is 14.3. The molecule has 1 aromatic rings. The van der Waals surface area contributed by atoms with Gasteiger partial charge in [0.15, 0.2) is 0 Å². The van der Waals surface area contributed by atoms with Crippen LogP contribution in [0, 0.1) is 0 Å². The first-order valence-corrected chi connectivity index (χ1v) is 6.10. The minimum atomic E-state index is -4.35. The number of nitrogens with one attached hydrogen (secondary N) is 1. The van der Waals surface area contributed by atoms with Crippen LogP contribution in [0.15, 0.2) is 36.4 Å². The van der Waals surface area contributed by atoms with Crippen LogP contribution in [0.5, 0.6) is 0 Å². The van der Waals surface area contributed by atoms with Gasteiger partial charge in [0.25, 0.3) is 0 Å². The Kier molecular flexibility index (Phi) is 5.89. The van der Waals surface area contributed by atoms with Crippen LogP contribution in [0.25, 0.3) is 0 Å². The van der Waals surface area contributed by atoms with Gasteiger partial charge in [0, 0.05) is 12.4 Å². The number of amides is 1. The van der Waals surface area contributed by atoms with Crippen LogP contribution in [0.3, 0.4) is 0 Å². The van der Waals surface area contributed by atoms with Crippen LogP contribution in [0.2, 0.25) is 0 Å². The maximum absolute atomic E-state index is 12.3. The normalized spacial score (nSPS) is 11.8. The van der Waals surface area contributed by atoms with Crippen LogP contribution in [-0.2, 0) is 17.4 Å². The lowest BCUT2D eigenvalue weighted by Crippen LogP contribution is -2.25. The van der Waals surface area contributed by atoms with Crippen LogP contribution in [0.4, 0.5) is 13.2 Å². The summed E-state index contributed by atoms with van der Waals surface area (Å²) in [7, 11) is 0. The number of carbonyl (C=O) groups is 1. The van der Waals surface area contributed by atoms with Gasteiger partial charge < -0.3 is 5.32 Å². The lowest BCUT2D eigenvalue weighted by Gasteiger charge is -2.07. The van der Waals surface area contributed by atoms with Crippen molar-refractivity contribution in [3.05, 3.63) is 47.5 Å². The van der Waals surface area contributed by atoms with E-state index in [0.29, 0.717) is 18.0 Å². The lowest BCUT2D eigenvalue weighted by molar-refractivity contribution is -0.137. The van der Waals surface area contributed by atoms with Crippen molar-refractivity contribution in [2.75, 3.05) is 12.4 Å². The molecule has 0 spiro atoms. The number of alkyl halides is 4. The largest absolute Gasteiger partial charge is 0.416 e. The van der Waals surface area contributed by atoms with Gasteiger partial charge in [-0.1, -0.05) is 24.3 Å². The lowest BCUT2D eigenvalue weighted by atomic mass is 10.1. The number of allylic oxidation sites excluding steroid dienone is 1. The summed E-state index contributed by atoms with van der Waals surface area (Å²) in [4.78, 5) is 11.5. The molecule has 0 aliphatic heterocycles. The second kappa shape index (κ2) is 7.19. The number of benzene rings is 1. The maximum Gasteiger partial charge on any atom is 0.416 e. The van der Waals surface area contributed by atoms with Crippen LogP contribution in [0.1, 0.15) is 11.1 Å². The minimum Gasteiger partial charge on any atom is -0.352 e. The van der Waals surface area contributed by atoms with Gasteiger partial charge in [-0.25, -0.2) is 0 Å². The van der Waals surface area contributed by atoms with Crippen molar-refractivity contribution in [2.24, 2.45) is 0 Å². The van der Waals surface area contributed by atoms with Crippen molar-refractivity contribution in [1.82, 2.24) is 5.32 Å². The standard InChI is InChI=1S/C13H13ClF3NO/c14-7-1-2-8-18-12(19)9-10-3-5-11(6-4-10)13(15,16)17/h1-6H,7-9H2,(H,18,19)/b2-1+. The van der Waals surface area contributed by atoms with E-state index in [0.717, 1.165) is 12.1 Å². The highest BCUT2D eigenvalue weighted by molar-refractivity contribution is 6.18. The number of hydrogen-bond acceptors (Lipinski definition) is 1. The van der Waals surface area contributed by atoms with Gasteiger partial charge in [-0.05, 0) is 17.7 Å². The van der Waals surface area contributed by atoms with Gasteiger partial charge in [0.05, 0.1) is 12.0 Å². The maximum atomic E-state index is 12.3. The third-order valence-corrected chi connectivity index (χ3v) is 2.50. The van der Waals surface area contributed by atoms with E-state index in [9.17, 15) is 18.0 Å². The molecule has 0 unspecified atom stereocenters. The van der Waals surface area contributed by atoms with Crippen molar-refractivity contribution in [1.29, 1.82) is 0 Å². The summed E-state index contributed by atoms with van der Waals surface area (Å²) >= 11 is 5.41. The van der Waals surface area contributed by atoms with Gasteiger partial charge in [-0.15, -0.1) is 11.6 Å². The summed E-state index contributed by atoms with van der Waals surface area (Å²) < 4.78 is 37.0. The SMILES string of the molecule is O=C(Cc1ccc(C(F)(F)F)cc1)NC/C=C/CCl. The molecule has 104 valence electrons. The van der Waals surface area contributed by atoms with Crippen molar-refractivity contribution < 1.29 is 18.0 Å². The predicted octanol–water partition coefficient (Wildman–Crippen LogP) is 3.16. The molecule has 1 aromatic carbocycles. The second-order valence-electron chi connectivity index (χ2n) is 3.80. The summed E-state index contributed by atoms with van der Waals surface area (Å²) in [6.07, 6.45) is -0.905. The average Bonchev–Trinajstić information content (AvgIpc) is 2.34. The molecule has 0 heterocycles. The summed E-state index contributed by atoms with van der Waals surface area (Å²) in [5, 5.41) is 2.60. The Labute approximate surface area is 114 Å². The van der Waals surface area contributed by atoms with E-state index in [1.807, 2.05) is 0 Å². The number of rotatable bonds is 5. The molecule has 0 saturated heterocycles. The molecule has 6 heteroatoms. The molecule has 1 N–H and O–H groups in total. The van der Waals surface area contributed by atoms with Crippen LogP contribution in [-0.4, -0.2) is 18.3 Å². The summed E-state index contributed by atoms with van der Waals surface area (Å²) in [6.45, 7) is 0.353. The Hall–Kier alpha value is -1.49. The zero-order valence-electron chi connectivity index (χ0n) is 10.0. The minimum absolute atomic E-state index is 0.0485. The molecule has 1 amide bonds. The molecule has 0 aliphatic carbocycles. The highest BCUT2D eigenvalue weighted by Crippen LogP contribution is 2.29. The summed E-state index contributed by atoms with van der Waals surface area (Å²) in [5.74, 6) is 0.119. The fourth-order valence-electron chi connectivity index (χ4n) is 1.38. The first-order valence-electron chi connectivity index (χ1n) is 5.57. The molecule has 0 aliphatic rings. The Morgan fingerprint density at radius 1 is 1.21 bits per heavy atom. The molecule has 0 saturated carbocycles. The number of halogens is 4. The smallest absolute Gasteiger partial charge is 0.352 e. The molecular formula is C13H13ClF3NO. The van der Waals surface area contributed by atoms with E-state index in [4.69, 9.17) is 11.6 Å². The molecular weight excluding hydrogens is 279 g/mol. The highest BCUT2D eigenvalue weighted by atomic mass is 35.5. The van der Waals surface area contributed by atoms with Crippen molar-refractivity contribution >= 4 is 17.5 Å². The highest BCUT2D eigenvalue weighted by Gasteiger charge is 2.29. The predicted molar refractivity (Wildman–Crippen MR) is 68.0 cm³/mol. The molecule has 19 heavy (non-hydrogen) atoms. The van der Waals surface area contributed by atoms with E-state index < -0.39 is 11.7 Å². The third kappa shape index (κ3) is 5.79. The van der Waals surface area contributed by atoms with E-state index in [2.05, 4.69) is 5.32 Å². The monoisotopic (exact) mass is 291 g/mol. The molecule has 1 rings (SSSR count).